The van der Waals surface area contributed by atoms with Gasteiger partial charge in [-0.25, -0.2) is 0 Å². The van der Waals surface area contributed by atoms with Gasteiger partial charge in [0.05, 0.1) is 0 Å². The van der Waals surface area contributed by atoms with Crippen molar-refractivity contribution in [1.29, 1.82) is 0 Å². The number of rotatable bonds is 1. The van der Waals surface area contributed by atoms with Crippen molar-refractivity contribution in [3.63, 3.8) is 0 Å². The summed E-state index contributed by atoms with van der Waals surface area (Å²) in [6.45, 7) is 4.15. The molecular formula is C5H9Br. The molecule has 0 aliphatic heterocycles. The van der Waals surface area contributed by atoms with Gasteiger partial charge in [-0.2, -0.15) is 0 Å². The molecule has 0 unspecified atom stereocenters. The molecule has 0 nitrogen and oxygen atoms in total. The van der Waals surface area contributed by atoms with E-state index in [2.05, 4.69) is 28.9 Å². The summed E-state index contributed by atoms with van der Waals surface area (Å²) in [7, 11) is 0. The molecule has 0 aliphatic carbocycles. The van der Waals surface area contributed by atoms with E-state index in [1.807, 2.05) is 6.92 Å². The van der Waals surface area contributed by atoms with Crippen molar-refractivity contribution >= 4 is 15.9 Å². The zero-order valence-electron chi connectivity index (χ0n) is 4.16. The maximum atomic E-state index is 3.30. The van der Waals surface area contributed by atoms with E-state index in [9.17, 15) is 0 Å². The largest absolute Gasteiger partial charge is 0.0749 e. The molecule has 0 bridgehead atoms. The quantitative estimate of drug-likeness (QED) is 0.537. The van der Waals surface area contributed by atoms with Crippen LogP contribution in [-0.4, -0.2) is 0 Å². The summed E-state index contributed by atoms with van der Waals surface area (Å²) in [6.07, 6.45) is 3.25. The summed E-state index contributed by atoms with van der Waals surface area (Å²) in [4.78, 5) is 0. The third-order valence-electron chi connectivity index (χ3n) is 0.485. The van der Waals surface area contributed by atoms with Crippen molar-refractivity contribution in [2.24, 2.45) is 0 Å². The SMILES string of the molecule is CC/C=C(/C)Br. The lowest BCUT2D eigenvalue weighted by Gasteiger charge is -1.77. The molecule has 1 heteroatoms. The monoisotopic (exact) mass is 148 g/mol. The van der Waals surface area contributed by atoms with Crippen molar-refractivity contribution in [3.05, 3.63) is 10.6 Å². The Labute approximate surface area is 47.4 Å². The predicted molar refractivity (Wildman–Crippen MR) is 33.0 cm³/mol. The molecule has 0 heterocycles. The first-order valence-electron chi connectivity index (χ1n) is 2.09. The maximum absolute atomic E-state index is 3.30. The minimum atomic E-state index is 1.12. The lowest BCUT2D eigenvalue weighted by Crippen LogP contribution is -1.53. The van der Waals surface area contributed by atoms with E-state index in [0.29, 0.717) is 0 Å². The first-order chi connectivity index (χ1) is 2.77. The van der Waals surface area contributed by atoms with E-state index < -0.39 is 0 Å². The summed E-state index contributed by atoms with van der Waals surface area (Å²) in [6, 6.07) is 0. The Morgan fingerprint density at radius 2 is 2.33 bits per heavy atom. The van der Waals surface area contributed by atoms with Crippen LogP contribution in [0.15, 0.2) is 10.6 Å². The van der Waals surface area contributed by atoms with Gasteiger partial charge in [0, 0.05) is 0 Å². The Kier molecular flexibility index (Phi) is 3.54. The molecule has 0 aromatic rings. The molecule has 0 aliphatic rings. The molecule has 0 spiro atoms. The van der Waals surface area contributed by atoms with Crippen LogP contribution < -0.4 is 0 Å². The summed E-state index contributed by atoms with van der Waals surface area (Å²) in [5, 5.41) is 0. The second kappa shape index (κ2) is 3.41. The van der Waals surface area contributed by atoms with Gasteiger partial charge in [0.15, 0.2) is 0 Å². The molecule has 0 aromatic carbocycles. The van der Waals surface area contributed by atoms with Gasteiger partial charge in [0.2, 0.25) is 0 Å². The molecule has 0 rings (SSSR count). The van der Waals surface area contributed by atoms with E-state index in [1.54, 1.807) is 0 Å². The van der Waals surface area contributed by atoms with Crippen molar-refractivity contribution < 1.29 is 0 Å². The van der Waals surface area contributed by atoms with Crippen LogP contribution in [0.5, 0.6) is 0 Å². The molecule has 0 aromatic heterocycles. The van der Waals surface area contributed by atoms with E-state index in [4.69, 9.17) is 0 Å². The number of hydrogen-bond donors (Lipinski definition) is 0. The van der Waals surface area contributed by atoms with Crippen molar-refractivity contribution in [1.82, 2.24) is 0 Å². The molecule has 36 valence electrons. The average molecular weight is 149 g/mol. The second-order valence-electron chi connectivity index (χ2n) is 1.20. The average Bonchev–Trinajstić information content (AvgIpc) is 1.35. The van der Waals surface area contributed by atoms with Crippen LogP contribution in [0.25, 0.3) is 0 Å². The topological polar surface area (TPSA) is 0 Å². The Hall–Kier alpha value is 0.220. The van der Waals surface area contributed by atoms with Crippen molar-refractivity contribution in [2.45, 2.75) is 20.3 Å². The van der Waals surface area contributed by atoms with Crippen LogP contribution in [0.1, 0.15) is 20.3 Å². The summed E-state index contributed by atoms with van der Waals surface area (Å²) >= 11 is 3.30. The zero-order chi connectivity index (χ0) is 4.99. The van der Waals surface area contributed by atoms with Crippen molar-refractivity contribution in [2.75, 3.05) is 0 Å². The minimum Gasteiger partial charge on any atom is -0.0749 e. The van der Waals surface area contributed by atoms with Gasteiger partial charge >= 0.3 is 0 Å². The van der Waals surface area contributed by atoms with Crippen LogP contribution in [0.4, 0.5) is 0 Å². The lowest BCUT2D eigenvalue weighted by atomic mass is 10.4. The fraction of sp³-hybridized carbons (Fsp3) is 0.600. The van der Waals surface area contributed by atoms with E-state index >= 15 is 0 Å². The third-order valence-corrected chi connectivity index (χ3v) is 0.809. The molecule has 0 amide bonds. The van der Waals surface area contributed by atoms with Crippen LogP contribution in [0, 0.1) is 0 Å². The molecule has 0 N–H and O–H groups in total. The van der Waals surface area contributed by atoms with E-state index in [0.717, 1.165) is 6.42 Å². The number of halogens is 1. The number of allylic oxidation sites excluding steroid dienone is 2. The molecule has 0 fully saturated rings. The second-order valence-corrected chi connectivity index (χ2v) is 2.45. The normalized spacial score (nSPS) is 12.2. The Morgan fingerprint density at radius 3 is 2.33 bits per heavy atom. The van der Waals surface area contributed by atoms with Gasteiger partial charge in [-0.3, -0.25) is 0 Å². The fourth-order valence-electron chi connectivity index (χ4n) is 0.281. The van der Waals surface area contributed by atoms with Gasteiger partial charge in [-0.1, -0.05) is 28.9 Å². The van der Waals surface area contributed by atoms with Crippen LogP contribution in [-0.2, 0) is 0 Å². The Morgan fingerprint density at radius 1 is 1.83 bits per heavy atom. The highest BCUT2D eigenvalue weighted by atomic mass is 79.9. The van der Waals surface area contributed by atoms with Crippen molar-refractivity contribution in [3.8, 4) is 0 Å². The van der Waals surface area contributed by atoms with Gasteiger partial charge < -0.3 is 0 Å². The minimum absolute atomic E-state index is 1.12. The zero-order valence-corrected chi connectivity index (χ0v) is 5.75. The van der Waals surface area contributed by atoms with E-state index in [-0.39, 0.29) is 0 Å². The standard InChI is InChI=1S/C5H9Br/c1-3-4-5(2)6/h4H,3H2,1-2H3/b5-4-. The molecule has 0 saturated carbocycles. The molecule has 0 saturated heterocycles. The van der Waals surface area contributed by atoms with Gasteiger partial charge in [-0.15, -0.1) is 0 Å². The maximum Gasteiger partial charge on any atom is -0.0120 e. The molecule has 6 heavy (non-hydrogen) atoms. The number of hydrogen-bond acceptors (Lipinski definition) is 0. The third kappa shape index (κ3) is 4.22. The molecular weight excluding hydrogens is 140 g/mol. The Bertz CT molecular complexity index is 51.0. The lowest BCUT2D eigenvalue weighted by molar-refractivity contribution is 1.21. The first kappa shape index (κ1) is 6.22. The summed E-state index contributed by atoms with van der Waals surface area (Å²) in [5.74, 6) is 0. The fourth-order valence-corrected chi connectivity index (χ4v) is 0.605. The summed E-state index contributed by atoms with van der Waals surface area (Å²) in [5.41, 5.74) is 0. The van der Waals surface area contributed by atoms with Gasteiger partial charge in [-0.05, 0) is 17.8 Å². The highest BCUT2D eigenvalue weighted by Gasteiger charge is 1.69. The van der Waals surface area contributed by atoms with Gasteiger partial charge in [0.25, 0.3) is 0 Å². The van der Waals surface area contributed by atoms with E-state index in [1.165, 1.54) is 4.48 Å². The van der Waals surface area contributed by atoms with Crippen LogP contribution in [0.3, 0.4) is 0 Å². The highest BCUT2D eigenvalue weighted by molar-refractivity contribution is 9.11. The Balaban J connectivity index is 3.14. The summed E-state index contributed by atoms with van der Waals surface area (Å²) < 4.78 is 1.23. The predicted octanol–water partition coefficient (Wildman–Crippen LogP) is 2.70. The highest BCUT2D eigenvalue weighted by Crippen LogP contribution is 2.01. The molecule has 0 atom stereocenters. The van der Waals surface area contributed by atoms with Crippen LogP contribution in [0.2, 0.25) is 0 Å². The van der Waals surface area contributed by atoms with Crippen LogP contribution >= 0.6 is 15.9 Å². The molecule has 0 radical (unpaired) electrons. The first-order valence-corrected chi connectivity index (χ1v) is 2.89. The van der Waals surface area contributed by atoms with Gasteiger partial charge in [0.1, 0.15) is 0 Å². The smallest absolute Gasteiger partial charge is 0.0120 e.